The molecule has 122 valence electrons. The Labute approximate surface area is 136 Å². The van der Waals surface area contributed by atoms with Crippen molar-refractivity contribution in [3.63, 3.8) is 0 Å². The smallest absolute Gasteiger partial charge is 0.323 e. The van der Waals surface area contributed by atoms with Gasteiger partial charge in [-0.1, -0.05) is 24.6 Å². The summed E-state index contributed by atoms with van der Waals surface area (Å²) >= 11 is 0. The topological polar surface area (TPSA) is 73.6 Å². The van der Waals surface area contributed by atoms with E-state index in [1.807, 2.05) is 24.1 Å². The van der Waals surface area contributed by atoms with E-state index in [2.05, 4.69) is 0 Å². The van der Waals surface area contributed by atoms with E-state index in [0.29, 0.717) is 5.69 Å². The van der Waals surface area contributed by atoms with E-state index in [9.17, 15) is 9.59 Å². The molecule has 0 aromatic heterocycles. The number of nitrogens with zero attached hydrogens (tertiary/aromatic N) is 3. The predicted octanol–water partition coefficient (Wildman–Crippen LogP) is 1.57. The molecule has 6 nitrogen and oxygen atoms in total. The Morgan fingerprint density at radius 1 is 1.35 bits per heavy atom. The number of rotatable bonds is 5. The van der Waals surface area contributed by atoms with E-state index in [-0.39, 0.29) is 25.2 Å². The molecule has 1 aliphatic heterocycles. The molecule has 1 aromatic carbocycles. The lowest BCUT2D eigenvalue weighted by molar-refractivity contribution is -0.153. The maximum atomic E-state index is 12.3. The average Bonchev–Trinajstić information content (AvgIpc) is 2.58. The normalized spacial score (nSPS) is 18.0. The second-order valence-corrected chi connectivity index (χ2v) is 5.57. The van der Waals surface area contributed by atoms with Gasteiger partial charge in [0.15, 0.2) is 6.61 Å². The average molecular weight is 315 g/mol. The van der Waals surface area contributed by atoms with Gasteiger partial charge in [-0.05, 0) is 38.6 Å². The maximum absolute atomic E-state index is 12.3. The molecular weight excluding hydrogens is 294 g/mol. The number of carbonyl (C=O) groups excluding carboxylic acids is 2. The fourth-order valence-electron chi connectivity index (χ4n) is 2.68. The molecule has 0 saturated carbocycles. The van der Waals surface area contributed by atoms with Gasteiger partial charge in [0.05, 0.1) is 6.07 Å². The Morgan fingerprint density at radius 3 is 2.74 bits per heavy atom. The number of esters is 1. The van der Waals surface area contributed by atoms with Crippen LogP contribution in [-0.2, 0) is 14.3 Å². The minimum Gasteiger partial charge on any atom is -0.454 e. The number of likely N-dealkylation sites (N-methyl/N-ethyl adjacent to an activating group) is 1. The number of amides is 1. The van der Waals surface area contributed by atoms with Crippen molar-refractivity contribution in [2.45, 2.75) is 25.3 Å². The fourth-order valence-corrected chi connectivity index (χ4v) is 2.68. The summed E-state index contributed by atoms with van der Waals surface area (Å²) in [5, 5.41) is 8.90. The molecule has 1 fully saturated rings. The number of hydrogen-bond donors (Lipinski definition) is 0. The summed E-state index contributed by atoms with van der Waals surface area (Å²) in [6, 6.07) is 10.6. The summed E-state index contributed by atoms with van der Waals surface area (Å²) in [7, 11) is 1.89. The Hall–Kier alpha value is -2.39. The third-order valence-corrected chi connectivity index (χ3v) is 3.98. The van der Waals surface area contributed by atoms with Crippen LogP contribution in [0, 0.1) is 11.3 Å². The molecule has 2 rings (SSSR count). The maximum Gasteiger partial charge on any atom is 0.323 e. The highest BCUT2D eigenvalue weighted by atomic mass is 16.5. The van der Waals surface area contributed by atoms with Gasteiger partial charge >= 0.3 is 5.97 Å². The lowest BCUT2D eigenvalue weighted by atomic mass is 10.0. The van der Waals surface area contributed by atoms with Crippen molar-refractivity contribution in [1.29, 1.82) is 5.26 Å². The first-order chi connectivity index (χ1) is 11.1. The van der Waals surface area contributed by atoms with Gasteiger partial charge in [0.2, 0.25) is 0 Å². The minimum atomic E-state index is -0.399. The zero-order valence-electron chi connectivity index (χ0n) is 13.3. The molecule has 0 bridgehead atoms. The van der Waals surface area contributed by atoms with Crippen molar-refractivity contribution in [3.8, 4) is 6.07 Å². The number of hydrogen-bond acceptors (Lipinski definition) is 5. The van der Waals surface area contributed by atoms with E-state index in [1.165, 1.54) is 4.90 Å². The first-order valence-corrected chi connectivity index (χ1v) is 7.72. The molecule has 23 heavy (non-hydrogen) atoms. The van der Waals surface area contributed by atoms with E-state index >= 15 is 0 Å². The van der Waals surface area contributed by atoms with Crippen molar-refractivity contribution >= 4 is 17.6 Å². The van der Waals surface area contributed by atoms with E-state index in [0.717, 1.165) is 25.8 Å². The van der Waals surface area contributed by atoms with Crippen LogP contribution < -0.4 is 4.90 Å². The van der Waals surface area contributed by atoms with Crippen LogP contribution in [0.25, 0.3) is 0 Å². The summed E-state index contributed by atoms with van der Waals surface area (Å²) in [5.41, 5.74) is 0.616. The standard InChI is InChI=1S/C17H21N3O3/c1-19-11-6-5-9-15(19)17(22)23-13-16(21)20(12-10-18)14-7-3-2-4-8-14/h2-4,7-8,15H,5-6,9,11-13H2,1H3/t15-/m0/s1. The minimum absolute atomic E-state index is 0.0796. The molecule has 0 N–H and O–H groups in total. The molecule has 0 radical (unpaired) electrons. The molecule has 1 saturated heterocycles. The van der Waals surface area contributed by atoms with Crippen LogP contribution in [0.15, 0.2) is 30.3 Å². The van der Waals surface area contributed by atoms with Crippen LogP contribution in [0.5, 0.6) is 0 Å². The van der Waals surface area contributed by atoms with Crippen LogP contribution in [0.1, 0.15) is 19.3 Å². The lowest BCUT2D eigenvalue weighted by Crippen LogP contribution is -2.44. The van der Waals surface area contributed by atoms with Gasteiger partial charge in [-0.15, -0.1) is 0 Å². The predicted molar refractivity (Wildman–Crippen MR) is 85.6 cm³/mol. The Balaban J connectivity index is 1.94. The Morgan fingerprint density at radius 2 is 2.09 bits per heavy atom. The van der Waals surface area contributed by atoms with Gasteiger partial charge in [-0.25, -0.2) is 0 Å². The summed E-state index contributed by atoms with van der Waals surface area (Å²) in [4.78, 5) is 27.7. The molecular formula is C17H21N3O3. The van der Waals surface area contributed by atoms with E-state index in [4.69, 9.17) is 10.00 Å². The van der Waals surface area contributed by atoms with Crippen molar-refractivity contribution in [2.24, 2.45) is 0 Å². The SMILES string of the molecule is CN1CCCC[C@H]1C(=O)OCC(=O)N(CC#N)c1ccccc1. The lowest BCUT2D eigenvalue weighted by Gasteiger charge is -2.30. The second-order valence-electron chi connectivity index (χ2n) is 5.57. The summed E-state index contributed by atoms with van der Waals surface area (Å²) in [6.07, 6.45) is 2.82. The quantitative estimate of drug-likeness (QED) is 0.609. The number of benzene rings is 1. The van der Waals surface area contributed by atoms with Crippen LogP contribution in [0.4, 0.5) is 5.69 Å². The van der Waals surface area contributed by atoms with Crippen LogP contribution in [-0.4, -0.2) is 49.6 Å². The van der Waals surface area contributed by atoms with Gasteiger partial charge in [0.1, 0.15) is 12.6 Å². The molecule has 1 aromatic rings. The van der Waals surface area contributed by atoms with Gasteiger partial charge in [0, 0.05) is 5.69 Å². The first-order valence-electron chi connectivity index (χ1n) is 7.72. The third-order valence-electron chi connectivity index (χ3n) is 3.98. The second kappa shape index (κ2) is 8.30. The van der Waals surface area contributed by atoms with Gasteiger partial charge in [0.25, 0.3) is 5.91 Å². The van der Waals surface area contributed by atoms with Gasteiger partial charge in [-0.3, -0.25) is 19.4 Å². The number of ether oxygens (including phenoxy) is 1. The highest BCUT2D eigenvalue weighted by Gasteiger charge is 2.28. The number of piperidine rings is 1. The summed E-state index contributed by atoms with van der Waals surface area (Å²) < 4.78 is 5.18. The molecule has 0 spiro atoms. The molecule has 1 atom stereocenters. The Kier molecular flexibility index (Phi) is 6.12. The van der Waals surface area contributed by atoms with Gasteiger partial charge < -0.3 is 4.74 Å². The number of para-hydroxylation sites is 1. The van der Waals surface area contributed by atoms with Gasteiger partial charge in [-0.2, -0.15) is 5.26 Å². The van der Waals surface area contributed by atoms with Crippen LogP contribution in [0.3, 0.4) is 0 Å². The zero-order valence-corrected chi connectivity index (χ0v) is 13.3. The van der Waals surface area contributed by atoms with Crippen molar-refractivity contribution < 1.29 is 14.3 Å². The molecule has 0 unspecified atom stereocenters. The zero-order chi connectivity index (χ0) is 16.7. The number of carbonyl (C=O) groups is 2. The van der Waals surface area contributed by atoms with Crippen LogP contribution in [0.2, 0.25) is 0 Å². The summed E-state index contributed by atoms with van der Waals surface area (Å²) in [5.74, 6) is -0.768. The molecule has 1 aliphatic rings. The van der Waals surface area contributed by atoms with Crippen molar-refractivity contribution in [3.05, 3.63) is 30.3 Å². The highest BCUT2D eigenvalue weighted by molar-refractivity contribution is 5.95. The molecule has 1 heterocycles. The number of anilines is 1. The molecule has 6 heteroatoms. The van der Waals surface area contributed by atoms with E-state index < -0.39 is 5.91 Å². The van der Waals surface area contributed by atoms with Crippen molar-refractivity contribution in [1.82, 2.24) is 4.90 Å². The summed E-state index contributed by atoms with van der Waals surface area (Å²) in [6.45, 7) is 0.432. The monoisotopic (exact) mass is 315 g/mol. The highest BCUT2D eigenvalue weighted by Crippen LogP contribution is 2.17. The number of nitriles is 1. The van der Waals surface area contributed by atoms with E-state index in [1.54, 1.807) is 24.3 Å². The number of likely N-dealkylation sites (tertiary alicyclic amines) is 1. The third kappa shape index (κ3) is 4.54. The largest absolute Gasteiger partial charge is 0.454 e. The molecule has 1 amide bonds. The fraction of sp³-hybridized carbons (Fsp3) is 0.471. The Bertz CT molecular complexity index is 582. The van der Waals surface area contributed by atoms with Crippen LogP contribution >= 0.6 is 0 Å². The first kappa shape index (κ1) is 17.0. The molecule has 0 aliphatic carbocycles. The van der Waals surface area contributed by atoms with Crippen molar-refractivity contribution in [2.75, 3.05) is 31.6 Å².